The van der Waals surface area contributed by atoms with Crippen molar-refractivity contribution in [1.29, 1.82) is 0 Å². The number of nitrogens with one attached hydrogen (secondary N) is 1. The first kappa shape index (κ1) is 29.9. The molecule has 4 bridgehead atoms. The molecule has 1 fully saturated rings. The quantitative estimate of drug-likeness (QED) is 0.466. The van der Waals surface area contributed by atoms with Crippen molar-refractivity contribution in [2.24, 2.45) is 11.3 Å². The van der Waals surface area contributed by atoms with E-state index in [2.05, 4.69) is 14.9 Å². The summed E-state index contributed by atoms with van der Waals surface area (Å²) in [7, 11) is -4.22. The van der Waals surface area contributed by atoms with Crippen LogP contribution >= 0.6 is 0 Å². The standard InChI is InChI=1S/C27H34F3N7O4S/c1-17-20-15-35(32-17)11-6-7-18-13-26(4,5)36(14-18)23-19(24(38)34-42(20,39)40)8-9-21(31-23)37-12-10-22(33-37)41-16-25(2,3)27(28,29)30/h8-10,12,15,18H,6-7,11,13-14,16H2,1-5H3,(H,34,38)/t18-/m1/s1. The number of ether oxygens (including phenoxy) is 1. The Morgan fingerprint density at radius 1 is 1.17 bits per heavy atom. The zero-order valence-corrected chi connectivity index (χ0v) is 24.9. The Morgan fingerprint density at radius 2 is 1.90 bits per heavy atom. The molecule has 0 spiro atoms. The van der Waals surface area contributed by atoms with Crippen LogP contribution in [0.25, 0.3) is 5.82 Å². The predicted octanol–water partition coefficient (Wildman–Crippen LogP) is 4.26. The van der Waals surface area contributed by atoms with Gasteiger partial charge in [0.2, 0.25) is 5.88 Å². The van der Waals surface area contributed by atoms with Crippen molar-refractivity contribution in [2.45, 2.75) is 77.0 Å². The molecule has 15 heteroatoms. The number of nitrogens with zero attached hydrogens (tertiary/aromatic N) is 6. The van der Waals surface area contributed by atoms with Gasteiger partial charge in [-0.05, 0) is 71.9 Å². The Kier molecular flexibility index (Phi) is 7.31. The number of fused-ring (bicyclic) bond motifs is 6. The van der Waals surface area contributed by atoms with E-state index >= 15 is 0 Å². The van der Waals surface area contributed by atoms with Crippen molar-refractivity contribution in [3.05, 3.63) is 41.9 Å². The normalized spacial score (nSPS) is 20.5. The van der Waals surface area contributed by atoms with Gasteiger partial charge in [0.15, 0.2) is 5.82 Å². The number of sulfonamides is 1. The maximum atomic E-state index is 13.5. The van der Waals surface area contributed by atoms with E-state index in [4.69, 9.17) is 9.72 Å². The van der Waals surface area contributed by atoms with E-state index < -0.39 is 39.7 Å². The van der Waals surface area contributed by atoms with Gasteiger partial charge in [0, 0.05) is 37.1 Å². The van der Waals surface area contributed by atoms with Crippen LogP contribution in [0.5, 0.6) is 5.88 Å². The molecule has 1 atom stereocenters. The Bertz CT molecular complexity index is 1610. The minimum Gasteiger partial charge on any atom is -0.476 e. The maximum absolute atomic E-state index is 13.5. The first-order chi connectivity index (χ1) is 19.5. The van der Waals surface area contributed by atoms with Gasteiger partial charge in [0.1, 0.15) is 17.3 Å². The molecule has 0 aromatic carbocycles. The van der Waals surface area contributed by atoms with Crippen LogP contribution in [0.15, 0.2) is 35.5 Å². The van der Waals surface area contributed by atoms with Crippen molar-refractivity contribution in [3.63, 3.8) is 0 Å². The number of rotatable bonds is 4. The lowest BCUT2D eigenvalue weighted by molar-refractivity contribution is -0.219. The van der Waals surface area contributed by atoms with Gasteiger partial charge < -0.3 is 9.64 Å². The van der Waals surface area contributed by atoms with Crippen molar-refractivity contribution in [1.82, 2.24) is 29.3 Å². The minimum atomic E-state index is -4.45. The Balaban J connectivity index is 1.52. The number of pyridine rings is 1. The molecule has 0 unspecified atom stereocenters. The van der Waals surface area contributed by atoms with Crippen LogP contribution in [-0.2, 0) is 16.6 Å². The maximum Gasteiger partial charge on any atom is 0.397 e. The first-order valence-electron chi connectivity index (χ1n) is 13.6. The van der Waals surface area contributed by atoms with Crippen LogP contribution < -0.4 is 14.4 Å². The van der Waals surface area contributed by atoms with Crippen LogP contribution in [0.4, 0.5) is 19.0 Å². The van der Waals surface area contributed by atoms with E-state index in [0.717, 1.165) is 33.1 Å². The van der Waals surface area contributed by atoms with E-state index in [0.29, 0.717) is 24.7 Å². The molecular formula is C27H34F3N7O4S. The molecule has 5 rings (SSSR count). The van der Waals surface area contributed by atoms with Crippen LogP contribution in [-0.4, -0.2) is 63.7 Å². The highest BCUT2D eigenvalue weighted by atomic mass is 32.2. The number of aryl methyl sites for hydroxylation is 2. The van der Waals surface area contributed by atoms with Crippen LogP contribution in [0.2, 0.25) is 0 Å². The number of aromatic nitrogens is 5. The number of halogens is 3. The lowest BCUT2D eigenvalue weighted by Crippen LogP contribution is -2.41. The van der Waals surface area contributed by atoms with Gasteiger partial charge in [0.25, 0.3) is 15.9 Å². The fraction of sp³-hybridized carbons (Fsp3) is 0.556. The molecule has 2 aliphatic heterocycles. The molecule has 3 aromatic heterocycles. The zero-order valence-electron chi connectivity index (χ0n) is 24.1. The number of carbonyl (C=O) groups is 1. The average molecular weight is 610 g/mol. The number of hydrogen-bond acceptors (Lipinski definition) is 8. The Hall–Kier alpha value is -3.62. The highest BCUT2D eigenvalue weighted by Crippen LogP contribution is 2.40. The van der Waals surface area contributed by atoms with Crippen LogP contribution in [0, 0.1) is 18.3 Å². The molecule has 0 radical (unpaired) electrons. The molecule has 2 aliphatic rings. The highest BCUT2D eigenvalue weighted by Gasteiger charge is 2.48. The smallest absolute Gasteiger partial charge is 0.397 e. The third-order valence-electron chi connectivity index (χ3n) is 7.89. The predicted molar refractivity (Wildman–Crippen MR) is 147 cm³/mol. The molecule has 1 saturated heterocycles. The van der Waals surface area contributed by atoms with E-state index in [1.54, 1.807) is 11.6 Å². The van der Waals surface area contributed by atoms with Gasteiger partial charge in [-0.25, -0.2) is 22.8 Å². The van der Waals surface area contributed by atoms with Crippen molar-refractivity contribution < 1.29 is 31.1 Å². The number of hydrogen-bond donors (Lipinski definition) is 1. The molecule has 42 heavy (non-hydrogen) atoms. The number of carbonyl (C=O) groups excluding carboxylic acids is 1. The first-order valence-corrected chi connectivity index (χ1v) is 15.1. The minimum absolute atomic E-state index is 0.0180. The van der Waals surface area contributed by atoms with Gasteiger partial charge in [-0.1, -0.05) is 0 Å². The third kappa shape index (κ3) is 5.70. The summed E-state index contributed by atoms with van der Waals surface area (Å²) in [5, 5.41) is 8.57. The lowest BCUT2D eigenvalue weighted by atomic mass is 9.93. The lowest BCUT2D eigenvalue weighted by Gasteiger charge is -2.34. The van der Waals surface area contributed by atoms with Gasteiger partial charge in [0.05, 0.1) is 16.7 Å². The largest absolute Gasteiger partial charge is 0.476 e. The van der Waals surface area contributed by atoms with Gasteiger partial charge in [-0.3, -0.25) is 9.48 Å². The molecule has 11 nitrogen and oxygen atoms in total. The number of amides is 1. The second kappa shape index (κ2) is 10.3. The summed E-state index contributed by atoms with van der Waals surface area (Å²) in [5.74, 6) is 0.00736. The average Bonchev–Trinajstić information content (AvgIpc) is 3.58. The SMILES string of the molecule is Cc1nn2cc1S(=O)(=O)NC(=O)c1ccc(-n3ccc(OCC(C)(C)C(F)(F)F)n3)nc1N1C[C@H](CCC2)CC1(C)C. The molecular weight excluding hydrogens is 575 g/mol. The van der Waals surface area contributed by atoms with E-state index in [-0.39, 0.29) is 28.0 Å². The fourth-order valence-corrected chi connectivity index (χ4v) is 6.56. The van der Waals surface area contributed by atoms with Crippen molar-refractivity contribution >= 4 is 21.7 Å². The van der Waals surface area contributed by atoms with E-state index in [1.165, 1.54) is 35.3 Å². The summed E-state index contributed by atoms with van der Waals surface area (Å²) in [6.45, 7) is 8.28. The van der Waals surface area contributed by atoms with Crippen LogP contribution in [0.3, 0.4) is 0 Å². The summed E-state index contributed by atoms with van der Waals surface area (Å²) in [6.07, 6.45) is 0.984. The van der Waals surface area contributed by atoms with E-state index in [9.17, 15) is 26.4 Å². The monoisotopic (exact) mass is 609 g/mol. The van der Waals surface area contributed by atoms with Crippen molar-refractivity contribution in [2.75, 3.05) is 18.1 Å². The second-order valence-corrected chi connectivity index (χ2v) is 13.9. The molecule has 3 aromatic rings. The Labute approximate surface area is 242 Å². The second-order valence-electron chi connectivity index (χ2n) is 12.2. The number of alkyl halides is 3. The molecule has 1 amide bonds. The topological polar surface area (TPSA) is 124 Å². The highest BCUT2D eigenvalue weighted by molar-refractivity contribution is 7.90. The van der Waals surface area contributed by atoms with Gasteiger partial charge >= 0.3 is 6.18 Å². The summed E-state index contributed by atoms with van der Waals surface area (Å²) < 4.78 is 76.6. The molecule has 228 valence electrons. The molecule has 0 aliphatic carbocycles. The summed E-state index contributed by atoms with van der Waals surface area (Å²) in [4.78, 5) is 20.2. The third-order valence-corrected chi connectivity index (χ3v) is 9.32. The van der Waals surface area contributed by atoms with Crippen molar-refractivity contribution in [3.8, 4) is 11.7 Å². The molecule has 1 N–H and O–H groups in total. The van der Waals surface area contributed by atoms with E-state index in [1.807, 2.05) is 18.7 Å². The van der Waals surface area contributed by atoms with Crippen LogP contribution in [0.1, 0.15) is 63.0 Å². The summed E-state index contributed by atoms with van der Waals surface area (Å²) >= 11 is 0. The summed E-state index contributed by atoms with van der Waals surface area (Å²) in [5.41, 5.74) is -2.12. The molecule has 5 heterocycles. The fourth-order valence-electron chi connectivity index (χ4n) is 5.40. The van der Waals surface area contributed by atoms with Gasteiger partial charge in [-0.2, -0.15) is 18.3 Å². The zero-order chi connectivity index (χ0) is 30.7. The number of anilines is 1. The molecule has 0 saturated carbocycles. The summed E-state index contributed by atoms with van der Waals surface area (Å²) in [6, 6.07) is 4.40. The van der Waals surface area contributed by atoms with Gasteiger partial charge in [-0.15, -0.1) is 5.10 Å². The Morgan fingerprint density at radius 3 is 2.62 bits per heavy atom.